The lowest BCUT2D eigenvalue weighted by molar-refractivity contribution is 0.0966. The van der Waals surface area contributed by atoms with Crippen LogP contribution in [0.1, 0.15) is 42.6 Å². The Kier molecular flexibility index (Phi) is 5.59. The molecule has 3 aromatic heterocycles. The molecule has 1 aromatic carbocycles. The van der Waals surface area contributed by atoms with Crippen LogP contribution in [0.15, 0.2) is 55.0 Å². The van der Waals surface area contributed by atoms with E-state index in [2.05, 4.69) is 45.4 Å². The highest BCUT2D eigenvalue weighted by atomic mass is 19.1. The minimum atomic E-state index is -0.334. The van der Waals surface area contributed by atoms with Crippen molar-refractivity contribution < 1.29 is 9.18 Å². The fraction of sp³-hybridized carbons (Fsp3) is 0.321. The molecular formula is C28H29FN6O. The van der Waals surface area contributed by atoms with Crippen LogP contribution in [0.3, 0.4) is 0 Å². The Morgan fingerprint density at radius 1 is 1.03 bits per heavy atom. The fourth-order valence-electron chi connectivity index (χ4n) is 5.42. The molecule has 0 bridgehead atoms. The van der Waals surface area contributed by atoms with Gasteiger partial charge in [-0.1, -0.05) is 19.9 Å². The molecule has 2 aliphatic heterocycles. The number of hydrogen-bond acceptors (Lipinski definition) is 5. The quantitative estimate of drug-likeness (QED) is 0.406. The minimum Gasteiger partial charge on any atom is -0.370 e. The van der Waals surface area contributed by atoms with Gasteiger partial charge in [0, 0.05) is 37.5 Å². The van der Waals surface area contributed by atoms with E-state index in [9.17, 15) is 9.18 Å². The Morgan fingerprint density at radius 2 is 1.83 bits per heavy atom. The van der Waals surface area contributed by atoms with Gasteiger partial charge in [-0.15, -0.1) is 0 Å². The lowest BCUT2D eigenvalue weighted by atomic mass is 9.99. The first-order valence-corrected chi connectivity index (χ1v) is 12.5. The number of aromatic nitrogens is 3. The number of nitrogens with one attached hydrogen (secondary N) is 2. The van der Waals surface area contributed by atoms with Crippen molar-refractivity contribution in [2.75, 3.05) is 23.3 Å². The van der Waals surface area contributed by atoms with Gasteiger partial charge < -0.3 is 15.5 Å². The molecule has 0 saturated carbocycles. The number of halogens is 1. The highest BCUT2D eigenvalue weighted by Gasteiger charge is 2.27. The molecule has 2 atom stereocenters. The number of anilines is 3. The first-order valence-electron chi connectivity index (χ1n) is 12.5. The summed E-state index contributed by atoms with van der Waals surface area (Å²) in [6.45, 7) is 7.14. The molecule has 0 radical (unpaired) electrons. The van der Waals surface area contributed by atoms with Crippen LogP contribution in [0, 0.1) is 17.7 Å². The van der Waals surface area contributed by atoms with Crippen LogP contribution in [-0.4, -0.2) is 33.4 Å². The number of amides is 1. The van der Waals surface area contributed by atoms with Gasteiger partial charge >= 0.3 is 0 Å². The van der Waals surface area contributed by atoms with Crippen molar-refractivity contribution in [1.29, 1.82) is 0 Å². The van der Waals surface area contributed by atoms with Crippen LogP contribution in [0.25, 0.3) is 16.9 Å². The molecule has 184 valence electrons. The Balaban J connectivity index is 1.30. The number of carbonyl (C=O) groups is 1. The van der Waals surface area contributed by atoms with Crippen LogP contribution < -0.4 is 15.5 Å². The van der Waals surface area contributed by atoms with Crippen LogP contribution >= 0.6 is 0 Å². The van der Waals surface area contributed by atoms with E-state index < -0.39 is 0 Å². The highest BCUT2D eigenvalue weighted by molar-refractivity contribution is 6.06. The van der Waals surface area contributed by atoms with Gasteiger partial charge in [-0.3, -0.25) is 9.20 Å². The smallest absolute Gasteiger partial charge is 0.254 e. The predicted octanol–water partition coefficient (Wildman–Crippen LogP) is 5.39. The van der Waals surface area contributed by atoms with E-state index in [1.807, 2.05) is 28.8 Å². The molecule has 5 heterocycles. The maximum absolute atomic E-state index is 13.6. The summed E-state index contributed by atoms with van der Waals surface area (Å²) >= 11 is 0. The van der Waals surface area contributed by atoms with Crippen molar-refractivity contribution >= 4 is 28.7 Å². The van der Waals surface area contributed by atoms with E-state index in [4.69, 9.17) is 0 Å². The van der Waals surface area contributed by atoms with Gasteiger partial charge in [0.05, 0.1) is 35.0 Å². The van der Waals surface area contributed by atoms with Gasteiger partial charge in [0.15, 0.2) is 0 Å². The van der Waals surface area contributed by atoms with Crippen molar-refractivity contribution in [1.82, 2.24) is 19.7 Å². The van der Waals surface area contributed by atoms with Crippen molar-refractivity contribution in [3.05, 3.63) is 71.9 Å². The molecule has 1 fully saturated rings. The second-order valence-electron chi connectivity index (χ2n) is 10.1. The number of carbonyl (C=O) groups excluding carboxylic acids is 1. The van der Waals surface area contributed by atoms with Crippen molar-refractivity contribution in [3.8, 4) is 11.3 Å². The lowest BCUT2D eigenvalue weighted by Gasteiger charge is -2.26. The minimum absolute atomic E-state index is 0.127. The van der Waals surface area contributed by atoms with Crippen LogP contribution in [-0.2, 0) is 6.54 Å². The average molecular weight is 485 g/mol. The zero-order chi connectivity index (χ0) is 24.8. The molecule has 1 saturated heterocycles. The SMILES string of the molecule is C[C@@H]1CC[C@H](C)CN(c2ccc(Nc3ccc(-c4cnc5cc(F)ccn45)c4c3C(=O)NC4)nc2)C1. The van der Waals surface area contributed by atoms with Crippen molar-refractivity contribution in [2.24, 2.45) is 11.8 Å². The molecule has 1 amide bonds. The normalized spacial score (nSPS) is 19.8. The third-order valence-electron chi connectivity index (χ3n) is 7.31. The summed E-state index contributed by atoms with van der Waals surface area (Å²) < 4.78 is 15.5. The number of rotatable bonds is 4. The summed E-state index contributed by atoms with van der Waals surface area (Å²) in [5, 5.41) is 6.29. The molecule has 4 aromatic rings. The van der Waals surface area contributed by atoms with Crippen LogP contribution in [0.2, 0.25) is 0 Å². The molecular weight excluding hydrogens is 455 g/mol. The molecule has 0 unspecified atom stereocenters. The summed E-state index contributed by atoms with van der Waals surface area (Å²) in [6, 6.07) is 10.7. The van der Waals surface area contributed by atoms with Gasteiger partial charge in [0.2, 0.25) is 0 Å². The number of imidazole rings is 1. The monoisotopic (exact) mass is 484 g/mol. The summed E-state index contributed by atoms with van der Waals surface area (Å²) in [7, 11) is 0. The van der Waals surface area contributed by atoms with Crippen LogP contribution in [0.4, 0.5) is 21.6 Å². The van der Waals surface area contributed by atoms with E-state index in [1.54, 1.807) is 12.4 Å². The van der Waals surface area contributed by atoms with E-state index in [0.717, 1.165) is 35.6 Å². The highest BCUT2D eigenvalue weighted by Crippen LogP contribution is 2.35. The number of benzene rings is 1. The molecule has 6 rings (SSSR count). The van der Waals surface area contributed by atoms with Crippen molar-refractivity contribution in [3.63, 3.8) is 0 Å². The molecule has 8 heteroatoms. The molecule has 36 heavy (non-hydrogen) atoms. The number of hydrogen-bond donors (Lipinski definition) is 2. The average Bonchev–Trinajstić information content (AvgIpc) is 3.42. The van der Waals surface area contributed by atoms with Gasteiger partial charge in [-0.05, 0) is 54.5 Å². The topological polar surface area (TPSA) is 74.6 Å². The number of pyridine rings is 2. The first-order chi connectivity index (χ1) is 17.5. The predicted molar refractivity (Wildman–Crippen MR) is 139 cm³/mol. The molecule has 7 nitrogen and oxygen atoms in total. The molecule has 0 spiro atoms. The number of fused-ring (bicyclic) bond motifs is 2. The van der Waals surface area contributed by atoms with E-state index in [-0.39, 0.29) is 11.7 Å². The molecule has 2 aliphatic rings. The summed E-state index contributed by atoms with van der Waals surface area (Å²) in [5.41, 5.74) is 5.56. The second-order valence-corrected chi connectivity index (χ2v) is 10.1. The molecule has 2 N–H and O–H groups in total. The summed E-state index contributed by atoms with van der Waals surface area (Å²) in [5.74, 6) is 1.56. The van der Waals surface area contributed by atoms with Gasteiger partial charge in [-0.2, -0.15) is 0 Å². The lowest BCUT2D eigenvalue weighted by Crippen LogP contribution is -2.29. The largest absolute Gasteiger partial charge is 0.370 e. The Morgan fingerprint density at radius 3 is 2.58 bits per heavy atom. The summed E-state index contributed by atoms with van der Waals surface area (Å²) in [4.78, 5) is 24.3. The van der Waals surface area contributed by atoms with E-state index in [1.165, 1.54) is 25.0 Å². The first kappa shape index (κ1) is 22.5. The Labute approximate surface area is 209 Å². The Hall–Kier alpha value is -3.94. The second kappa shape index (κ2) is 8.93. The summed E-state index contributed by atoms with van der Waals surface area (Å²) in [6.07, 6.45) is 7.82. The third-order valence-corrected chi connectivity index (χ3v) is 7.31. The third kappa shape index (κ3) is 4.06. The van der Waals surface area contributed by atoms with E-state index >= 15 is 0 Å². The standard InChI is InChI=1S/C28H29FN6O/c1-17-3-4-18(2)16-34(15-17)20-5-8-25(30-12-20)33-23-7-6-21(22-13-32-28(36)27(22)23)24-14-31-26-11-19(29)9-10-35(24)26/h5-12,14,17-18H,3-4,13,15-16H2,1-2H3,(H,30,33)(H,32,36)/t17-,18+. The van der Waals surface area contributed by atoms with Crippen LogP contribution in [0.5, 0.6) is 0 Å². The fourth-order valence-corrected chi connectivity index (χ4v) is 5.42. The van der Waals surface area contributed by atoms with E-state index in [0.29, 0.717) is 41.1 Å². The van der Waals surface area contributed by atoms with Gasteiger partial charge in [-0.25, -0.2) is 14.4 Å². The van der Waals surface area contributed by atoms with Crippen molar-refractivity contribution in [2.45, 2.75) is 33.2 Å². The van der Waals surface area contributed by atoms with Gasteiger partial charge in [0.1, 0.15) is 17.3 Å². The Bertz CT molecular complexity index is 1430. The maximum Gasteiger partial charge on any atom is 0.254 e. The molecule has 0 aliphatic carbocycles. The maximum atomic E-state index is 13.6. The zero-order valence-corrected chi connectivity index (χ0v) is 20.5. The number of nitrogens with zero attached hydrogens (tertiary/aromatic N) is 4. The zero-order valence-electron chi connectivity index (χ0n) is 20.5. The van der Waals surface area contributed by atoms with Gasteiger partial charge in [0.25, 0.3) is 5.91 Å².